The summed E-state index contributed by atoms with van der Waals surface area (Å²) in [6.45, 7) is 3.38. The van der Waals surface area contributed by atoms with E-state index < -0.39 is 0 Å². The third-order valence-corrected chi connectivity index (χ3v) is 4.39. The van der Waals surface area contributed by atoms with Gasteiger partial charge in [0.2, 0.25) is 11.8 Å². The summed E-state index contributed by atoms with van der Waals surface area (Å²) in [5.41, 5.74) is 5.19. The molecule has 0 aromatic rings. The third-order valence-electron chi connectivity index (χ3n) is 4.39. The fourth-order valence-electron chi connectivity index (χ4n) is 3.21. The summed E-state index contributed by atoms with van der Waals surface area (Å²) in [4.78, 5) is 27.0. The number of carbonyl (C=O) groups excluding carboxylic acids is 2. The number of likely N-dealkylation sites (N-methyl/N-ethyl adjacent to an activating group) is 1. The number of amides is 2. The lowest BCUT2D eigenvalue weighted by Gasteiger charge is -2.35. The fraction of sp³-hybridized carbons (Fsp3) is 0.875. The molecule has 0 aliphatic carbocycles. The summed E-state index contributed by atoms with van der Waals surface area (Å²) < 4.78 is 11.4. The SMILES string of the molecule is CN(CC(N)=O)C[C@H]1CN(C(=O)CC[C@@H]2CCCCO2)CCO1. The van der Waals surface area contributed by atoms with Crippen LogP contribution < -0.4 is 5.73 Å². The molecule has 23 heavy (non-hydrogen) atoms. The van der Waals surface area contributed by atoms with E-state index in [-0.39, 0.29) is 30.6 Å². The fourth-order valence-corrected chi connectivity index (χ4v) is 3.21. The molecular weight excluding hydrogens is 298 g/mol. The van der Waals surface area contributed by atoms with Gasteiger partial charge < -0.3 is 20.1 Å². The van der Waals surface area contributed by atoms with Gasteiger partial charge in [-0.05, 0) is 32.7 Å². The number of nitrogens with zero attached hydrogens (tertiary/aromatic N) is 2. The zero-order chi connectivity index (χ0) is 16.7. The number of rotatable bonds is 7. The first kappa shape index (κ1) is 18.2. The van der Waals surface area contributed by atoms with E-state index >= 15 is 0 Å². The molecule has 2 atom stereocenters. The van der Waals surface area contributed by atoms with Gasteiger partial charge in [0.1, 0.15) is 0 Å². The van der Waals surface area contributed by atoms with Crippen LogP contribution in [-0.4, -0.2) is 80.3 Å². The second-order valence-electron chi connectivity index (χ2n) is 6.52. The molecule has 2 aliphatic rings. The highest BCUT2D eigenvalue weighted by Gasteiger charge is 2.26. The largest absolute Gasteiger partial charge is 0.378 e. The second-order valence-corrected chi connectivity index (χ2v) is 6.52. The van der Waals surface area contributed by atoms with E-state index in [1.54, 1.807) is 0 Å². The van der Waals surface area contributed by atoms with E-state index in [2.05, 4.69) is 0 Å². The molecule has 0 aromatic carbocycles. The molecule has 0 saturated carbocycles. The number of morpholine rings is 1. The molecule has 0 aromatic heterocycles. The first-order valence-corrected chi connectivity index (χ1v) is 8.52. The molecular formula is C16H29N3O4. The van der Waals surface area contributed by atoms with E-state index in [4.69, 9.17) is 15.2 Å². The molecule has 2 N–H and O–H groups in total. The minimum atomic E-state index is -0.358. The van der Waals surface area contributed by atoms with Crippen LogP contribution in [0.3, 0.4) is 0 Å². The smallest absolute Gasteiger partial charge is 0.231 e. The van der Waals surface area contributed by atoms with Crippen molar-refractivity contribution >= 4 is 11.8 Å². The first-order valence-electron chi connectivity index (χ1n) is 8.52. The van der Waals surface area contributed by atoms with Crippen molar-refractivity contribution < 1.29 is 19.1 Å². The Hall–Kier alpha value is -1.18. The van der Waals surface area contributed by atoms with E-state index in [0.717, 1.165) is 25.9 Å². The highest BCUT2D eigenvalue weighted by molar-refractivity contribution is 5.76. The van der Waals surface area contributed by atoms with Gasteiger partial charge >= 0.3 is 0 Å². The maximum Gasteiger partial charge on any atom is 0.231 e. The highest BCUT2D eigenvalue weighted by Crippen LogP contribution is 2.18. The summed E-state index contributed by atoms with van der Waals surface area (Å²) in [6.07, 6.45) is 4.92. The van der Waals surface area contributed by atoms with E-state index in [1.807, 2.05) is 16.8 Å². The quantitative estimate of drug-likeness (QED) is 0.710. The standard InChI is InChI=1S/C16H29N3O4/c1-18(12-15(17)20)10-14-11-19(7-9-23-14)16(21)6-5-13-4-2-3-8-22-13/h13-14H,2-12H2,1H3,(H2,17,20)/t13-,14-/m0/s1. The molecule has 2 fully saturated rings. The van der Waals surface area contributed by atoms with Crippen LogP contribution in [0.4, 0.5) is 0 Å². The Morgan fingerprint density at radius 1 is 1.22 bits per heavy atom. The van der Waals surface area contributed by atoms with Crippen molar-refractivity contribution in [1.29, 1.82) is 0 Å². The van der Waals surface area contributed by atoms with E-state index in [0.29, 0.717) is 32.7 Å². The number of nitrogens with two attached hydrogens (primary N) is 1. The van der Waals surface area contributed by atoms with E-state index in [9.17, 15) is 9.59 Å². The van der Waals surface area contributed by atoms with Crippen molar-refractivity contribution in [2.75, 3.05) is 46.4 Å². The van der Waals surface area contributed by atoms with Crippen molar-refractivity contribution in [3.8, 4) is 0 Å². The first-order chi connectivity index (χ1) is 11.0. The van der Waals surface area contributed by atoms with Crippen LogP contribution in [0.15, 0.2) is 0 Å². The van der Waals surface area contributed by atoms with E-state index in [1.165, 1.54) is 6.42 Å². The van der Waals surface area contributed by atoms with Crippen LogP contribution in [0.5, 0.6) is 0 Å². The molecule has 2 rings (SSSR count). The lowest BCUT2D eigenvalue weighted by molar-refractivity contribution is -0.140. The number of hydrogen-bond donors (Lipinski definition) is 1. The average molecular weight is 327 g/mol. The number of primary amides is 1. The van der Waals surface area contributed by atoms with Gasteiger partial charge in [0, 0.05) is 32.7 Å². The van der Waals surface area contributed by atoms with Gasteiger partial charge in [0.05, 0.1) is 25.4 Å². The Labute approximate surface area is 138 Å². The summed E-state index contributed by atoms with van der Waals surface area (Å²) in [7, 11) is 1.83. The van der Waals surface area contributed by atoms with Gasteiger partial charge in [-0.25, -0.2) is 0 Å². The average Bonchev–Trinajstić information content (AvgIpc) is 2.53. The second kappa shape index (κ2) is 9.20. The van der Waals surface area contributed by atoms with Crippen LogP contribution in [0.2, 0.25) is 0 Å². The molecule has 2 saturated heterocycles. The van der Waals surface area contributed by atoms with Crippen LogP contribution in [-0.2, 0) is 19.1 Å². The molecule has 0 bridgehead atoms. The Bertz CT molecular complexity index is 399. The summed E-state index contributed by atoms with van der Waals surface area (Å²) >= 11 is 0. The Morgan fingerprint density at radius 3 is 2.70 bits per heavy atom. The number of hydrogen-bond acceptors (Lipinski definition) is 5. The van der Waals surface area contributed by atoms with Gasteiger partial charge in [-0.2, -0.15) is 0 Å². The van der Waals surface area contributed by atoms with Crippen LogP contribution in [0.25, 0.3) is 0 Å². The maximum atomic E-state index is 12.4. The van der Waals surface area contributed by atoms with Crippen LogP contribution in [0, 0.1) is 0 Å². The lowest BCUT2D eigenvalue weighted by Crippen LogP contribution is -2.50. The summed E-state index contributed by atoms with van der Waals surface area (Å²) in [5.74, 6) is -0.186. The zero-order valence-electron chi connectivity index (χ0n) is 14.0. The van der Waals surface area contributed by atoms with Crippen molar-refractivity contribution in [1.82, 2.24) is 9.80 Å². The molecule has 7 nitrogen and oxygen atoms in total. The minimum absolute atomic E-state index is 0.0667. The molecule has 0 spiro atoms. The highest BCUT2D eigenvalue weighted by atomic mass is 16.5. The molecule has 2 aliphatic heterocycles. The Kier molecular flexibility index (Phi) is 7.26. The Morgan fingerprint density at radius 2 is 2.00 bits per heavy atom. The van der Waals surface area contributed by atoms with Gasteiger partial charge in [-0.1, -0.05) is 0 Å². The molecule has 132 valence electrons. The summed E-state index contributed by atoms with van der Waals surface area (Å²) in [6, 6.07) is 0. The maximum absolute atomic E-state index is 12.4. The number of ether oxygens (including phenoxy) is 2. The lowest BCUT2D eigenvalue weighted by atomic mass is 10.0. The topological polar surface area (TPSA) is 85.1 Å². The van der Waals surface area contributed by atoms with Gasteiger partial charge in [-0.3, -0.25) is 14.5 Å². The van der Waals surface area contributed by atoms with Crippen LogP contribution in [0.1, 0.15) is 32.1 Å². The summed E-state index contributed by atoms with van der Waals surface area (Å²) in [5, 5.41) is 0. The monoisotopic (exact) mass is 327 g/mol. The van der Waals surface area contributed by atoms with Gasteiger partial charge in [0.25, 0.3) is 0 Å². The molecule has 7 heteroatoms. The normalized spacial score (nSPS) is 25.6. The molecule has 0 radical (unpaired) electrons. The van der Waals surface area contributed by atoms with Gasteiger partial charge in [0.15, 0.2) is 0 Å². The zero-order valence-corrected chi connectivity index (χ0v) is 14.0. The van der Waals surface area contributed by atoms with Gasteiger partial charge in [-0.15, -0.1) is 0 Å². The third kappa shape index (κ3) is 6.45. The van der Waals surface area contributed by atoms with Crippen molar-refractivity contribution in [2.45, 2.75) is 44.3 Å². The van der Waals surface area contributed by atoms with Crippen molar-refractivity contribution in [2.24, 2.45) is 5.73 Å². The molecule has 0 unspecified atom stereocenters. The van der Waals surface area contributed by atoms with Crippen LogP contribution >= 0.6 is 0 Å². The van der Waals surface area contributed by atoms with Crippen molar-refractivity contribution in [3.63, 3.8) is 0 Å². The predicted molar refractivity (Wildman–Crippen MR) is 85.8 cm³/mol. The molecule has 2 heterocycles. The molecule has 2 amide bonds. The number of carbonyl (C=O) groups is 2. The minimum Gasteiger partial charge on any atom is -0.378 e. The Balaban J connectivity index is 1.71. The predicted octanol–water partition coefficient (Wildman–Crippen LogP) is -0.0198. The van der Waals surface area contributed by atoms with Crippen molar-refractivity contribution in [3.05, 3.63) is 0 Å².